The van der Waals surface area contributed by atoms with Gasteiger partial charge in [0.2, 0.25) is 0 Å². The maximum absolute atomic E-state index is 11.4. The Morgan fingerprint density at radius 3 is 0.838 bits per heavy atom. The van der Waals surface area contributed by atoms with Gasteiger partial charge in [-0.05, 0) is 0 Å². The van der Waals surface area contributed by atoms with Crippen molar-refractivity contribution in [2.45, 2.75) is 30.2 Å². The summed E-state index contributed by atoms with van der Waals surface area (Å²) in [5.41, 5.74) is 24.9. The summed E-state index contributed by atoms with van der Waals surface area (Å²) in [5.74, 6) is -6.51. The van der Waals surface area contributed by atoms with Crippen LogP contribution in [-0.4, -0.2) is 156 Å². The Hall–Kier alpha value is -1.36. The van der Waals surface area contributed by atoms with Crippen LogP contribution in [0.4, 0.5) is 0 Å². The zero-order valence-electron chi connectivity index (χ0n) is 19.3. The molecular weight excluding hydrogens is 561 g/mol. The van der Waals surface area contributed by atoms with Gasteiger partial charge in [0.05, 0.1) is 57.1 Å². The Bertz CT molecular complexity index is 617. The van der Waals surface area contributed by atoms with E-state index >= 15 is 0 Å². The molecule has 37 heavy (non-hydrogen) atoms. The minimum atomic E-state index is -2.92. The second kappa shape index (κ2) is 24.9. The largest absolute Gasteiger partial charge is 2.00 e. The van der Waals surface area contributed by atoms with Gasteiger partial charge in [-0.1, -0.05) is 0 Å². The number of aliphatic hydroxyl groups is 5. The van der Waals surface area contributed by atoms with Crippen LogP contribution >= 0.6 is 8.60 Å². The quantitative estimate of drug-likeness (QED) is 0.0701. The molecule has 15 N–H and O–H groups in total. The fourth-order valence-electron chi connectivity index (χ4n) is 0.852. The number of carboxylic acid groups (broad SMARTS) is 2. The number of rotatable bonds is 13. The van der Waals surface area contributed by atoms with Crippen molar-refractivity contribution in [1.82, 2.24) is 0 Å². The van der Waals surface area contributed by atoms with E-state index in [-0.39, 0.29) is 37.7 Å². The Morgan fingerprint density at radius 1 is 0.541 bits per heavy atom. The van der Waals surface area contributed by atoms with Crippen LogP contribution in [0, 0.1) is 0 Å². The van der Waals surface area contributed by atoms with E-state index in [2.05, 4.69) is 13.6 Å². The van der Waals surface area contributed by atoms with Crippen LogP contribution in [0.5, 0.6) is 0 Å². The molecular formula is C15H30CaN5O15P. The summed E-state index contributed by atoms with van der Waals surface area (Å²) in [7, 11) is -2.92. The second-order valence-corrected chi connectivity index (χ2v) is 7.03. The van der Waals surface area contributed by atoms with Gasteiger partial charge in [-0.15, -0.1) is 0 Å². The predicted molar refractivity (Wildman–Crippen MR) is 116 cm³/mol. The standard InChI is InChI=1S/C9H18N3O9P.2C3H7NO3.Ca/c10-4(1-13)7(16)19-22(20-8(17)5(11)2-14)21-9(18)6(12)3-15;2*4-2(1-5)3(6)7;/h4-6,13-15H,1-3,10-12H2;2*2,5H,1,4H2,(H,6,7);/q;;;+2/p-2/t4-,5-,6-;2*2-;/m000./s1. The van der Waals surface area contributed by atoms with E-state index < -0.39 is 102 Å². The molecule has 0 aliphatic carbocycles. The molecule has 22 heteroatoms. The first-order valence-corrected chi connectivity index (χ1v) is 10.4. The maximum atomic E-state index is 11.4. The summed E-state index contributed by atoms with van der Waals surface area (Å²) < 4.78 is 13.5. The molecule has 0 spiro atoms. The van der Waals surface area contributed by atoms with Gasteiger partial charge in [0, 0.05) is 0 Å². The first-order valence-electron chi connectivity index (χ1n) is 9.32. The third-order valence-corrected chi connectivity index (χ3v) is 3.98. The van der Waals surface area contributed by atoms with Gasteiger partial charge in [0.15, 0.2) is 0 Å². The number of carbonyl (C=O) groups is 5. The molecule has 20 nitrogen and oxygen atoms in total. The number of carboxylic acids is 2. The first-order chi connectivity index (χ1) is 16.6. The second-order valence-electron chi connectivity index (χ2n) is 6.04. The van der Waals surface area contributed by atoms with Crippen LogP contribution in [0.1, 0.15) is 0 Å². The van der Waals surface area contributed by atoms with Crippen LogP contribution < -0.4 is 38.9 Å². The number of aliphatic hydroxyl groups excluding tert-OH is 5. The minimum Gasteiger partial charge on any atom is -0.548 e. The van der Waals surface area contributed by atoms with Crippen molar-refractivity contribution in [2.24, 2.45) is 28.7 Å². The Labute approximate surface area is 240 Å². The summed E-state index contributed by atoms with van der Waals surface area (Å²) in [5, 5.41) is 61.1. The molecule has 0 aromatic heterocycles. The number of hydrogen-bond donors (Lipinski definition) is 10. The van der Waals surface area contributed by atoms with Crippen LogP contribution in [0.3, 0.4) is 0 Å². The van der Waals surface area contributed by atoms with E-state index in [1.54, 1.807) is 0 Å². The van der Waals surface area contributed by atoms with Crippen LogP contribution in [0.15, 0.2) is 0 Å². The molecule has 0 unspecified atom stereocenters. The summed E-state index contributed by atoms with van der Waals surface area (Å²) in [6.45, 7) is -3.44. The van der Waals surface area contributed by atoms with Gasteiger partial charge < -0.3 is 87.6 Å². The number of hydrogen-bond acceptors (Lipinski definition) is 20. The zero-order valence-corrected chi connectivity index (χ0v) is 22.4. The first kappa shape index (κ1) is 42.7. The molecule has 0 fully saturated rings. The predicted octanol–water partition coefficient (Wildman–Crippen LogP) is -10.5. The van der Waals surface area contributed by atoms with E-state index in [0.717, 1.165) is 0 Å². The molecule has 0 saturated heterocycles. The Morgan fingerprint density at radius 2 is 0.730 bits per heavy atom. The fraction of sp³-hybridized carbons (Fsp3) is 0.667. The Kier molecular flexibility index (Phi) is 28.8. The molecule has 0 heterocycles. The SMILES string of the molecule is N[C@@H](CO)C(=O)OP(OC(=O)[C@@H](N)CO)OC(=O)[C@@H](N)CO.N[C@@H](CO)C(=O)[O-].N[C@@H](CO)C(=O)[O-].[Ca+2]. The van der Waals surface area contributed by atoms with E-state index in [9.17, 15) is 34.2 Å². The van der Waals surface area contributed by atoms with Gasteiger partial charge >= 0.3 is 64.2 Å². The van der Waals surface area contributed by atoms with Gasteiger partial charge in [-0.2, -0.15) is 0 Å². The summed E-state index contributed by atoms with van der Waals surface area (Å²) >= 11 is 0. The van der Waals surface area contributed by atoms with E-state index in [1.807, 2.05) is 0 Å². The van der Waals surface area contributed by atoms with E-state index in [0.29, 0.717) is 0 Å². The maximum Gasteiger partial charge on any atom is 2.00 e. The summed E-state index contributed by atoms with van der Waals surface area (Å²) in [4.78, 5) is 53.2. The molecule has 0 saturated carbocycles. The third kappa shape index (κ3) is 22.3. The smallest absolute Gasteiger partial charge is 0.548 e. The molecule has 0 aromatic carbocycles. The van der Waals surface area contributed by atoms with Crippen molar-refractivity contribution >= 4 is 76.2 Å². The zero-order chi connectivity index (χ0) is 29.0. The van der Waals surface area contributed by atoms with Gasteiger partial charge in [-0.3, -0.25) is 0 Å². The third-order valence-electron chi connectivity index (χ3n) is 2.99. The van der Waals surface area contributed by atoms with Crippen molar-refractivity contribution in [3.05, 3.63) is 0 Å². The van der Waals surface area contributed by atoms with E-state index in [4.69, 9.17) is 54.2 Å². The molecule has 0 radical (unpaired) electrons. The number of aliphatic carboxylic acids is 2. The monoisotopic (exact) mass is 591 g/mol. The van der Waals surface area contributed by atoms with Crippen LogP contribution in [0.2, 0.25) is 0 Å². The van der Waals surface area contributed by atoms with Crippen molar-refractivity contribution in [1.29, 1.82) is 0 Å². The molecule has 0 aliphatic rings. The van der Waals surface area contributed by atoms with Gasteiger partial charge in [0.25, 0.3) is 0 Å². The van der Waals surface area contributed by atoms with Crippen molar-refractivity contribution < 1.29 is 73.3 Å². The summed E-state index contributed by atoms with van der Waals surface area (Å²) in [6, 6.07) is -6.85. The van der Waals surface area contributed by atoms with Crippen LogP contribution in [0.25, 0.3) is 0 Å². The molecule has 0 bridgehead atoms. The van der Waals surface area contributed by atoms with Gasteiger partial charge in [0.1, 0.15) is 18.1 Å². The average molecular weight is 591 g/mol. The van der Waals surface area contributed by atoms with Crippen LogP contribution in [-0.2, 0) is 37.5 Å². The average Bonchev–Trinajstić information content (AvgIpc) is 2.85. The molecule has 5 atom stereocenters. The number of nitrogens with two attached hydrogens (primary N) is 5. The van der Waals surface area contributed by atoms with Gasteiger partial charge in [-0.25, -0.2) is 14.4 Å². The molecule has 0 amide bonds. The molecule has 0 aliphatic heterocycles. The normalized spacial score (nSPS) is 13.9. The molecule has 0 aromatic rings. The molecule has 212 valence electrons. The molecule has 0 rings (SSSR count). The van der Waals surface area contributed by atoms with Crippen molar-refractivity contribution in [2.75, 3.05) is 33.0 Å². The van der Waals surface area contributed by atoms with Crippen molar-refractivity contribution in [3.8, 4) is 0 Å². The number of carbonyl (C=O) groups excluding carboxylic acids is 5. The minimum absolute atomic E-state index is 0. The van der Waals surface area contributed by atoms with Crippen molar-refractivity contribution in [3.63, 3.8) is 0 Å². The fourth-order valence-corrected chi connectivity index (χ4v) is 1.81. The topological polar surface area (TPSA) is 390 Å². The van der Waals surface area contributed by atoms with E-state index in [1.165, 1.54) is 0 Å². The summed E-state index contributed by atoms with van der Waals surface area (Å²) in [6.07, 6.45) is 0. The Balaban J connectivity index is -0.000000297.